The van der Waals surface area contributed by atoms with E-state index < -0.39 is 0 Å². The Hall–Kier alpha value is -1.90. The second-order valence-corrected chi connectivity index (χ2v) is 2.96. The first-order chi connectivity index (χ1) is 6.84. The molecule has 14 heavy (non-hydrogen) atoms. The van der Waals surface area contributed by atoms with Crippen LogP contribution in [0.25, 0.3) is 0 Å². The molecule has 0 radical (unpaired) electrons. The molecular weight excluding hydrogens is 176 g/mol. The summed E-state index contributed by atoms with van der Waals surface area (Å²) in [5.41, 5.74) is 1.11. The summed E-state index contributed by atoms with van der Waals surface area (Å²) in [4.78, 5) is 8.07. The van der Waals surface area contributed by atoms with Crippen molar-refractivity contribution in [3.8, 4) is 11.6 Å². The number of pyridine rings is 2. The second-order valence-electron chi connectivity index (χ2n) is 2.96. The molecule has 2 heterocycles. The van der Waals surface area contributed by atoms with Crippen molar-refractivity contribution in [3.05, 3.63) is 48.4 Å². The number of aromatic nitrogens is 2. The highest BCUT2D eigenvalue weighted by Crippen LogP contribution is 2.16. The number of hydrogen-bond donors (Lipinski definition) is 0. The first-order valence-electron chi connectivity index (χ1n) is 4.35. The lowest BCUT2D eigenvalue weighted by atomic mass is 10.3. The van der Waals surface area contributed by atoms with E-state index in [9.17, 15) is 0 Å². The third-order valence-corrected chi connectivity index (χ3v) is 1.74. The number of ether oxygens (including phenoxy) is 1. The van der Waals surface area contributed by atoms with E-state index in [0.717, 1.165) is 5.56 Å². The molecule has 0 aliphatic heterocycles. The fourth-order valence-corrected chi connectivity index (χ4v) is 1.04. The van der Waals surface area contributed by atoms with Crippen LogP contribution in [0, 0.1) is 6.92 Å². The topological polar surface area (TPSA) is 35.0 Å². The van der Waals surface area contributed by atoms with Crippen LogP contribution < -0.4 is 4.74 Å². The third kappa shape index (κ3) is 2.07. The Kier molecular flexibility index (Phi) is 2.40. The minimum Gasteiger partial charge on any atom is -0.437 e. The van der Waals surface area contributed by atoms with Gasteiger partial charge < -0.3 is 4.74 Å². The summed E-state index contributed by atoms with van der Waals surface area (Å²) in [5, 5.41) is 0. The van der Waals surface area contributed by atoms with E-state index in [1.807, 2.05) is 31.2 Å². The quantitative estimate of drug-likeness (QED) is 0.723. The molecule has 0 unspecified atom stereocenters. The van der Waals surface area contributed by atoms with E-state index in [2.05, 4.69) is 9.97 Å². The molecule has 70 valence electrons. The lowest BCUT2D eigenvalue weighted by Crippen LogP contribution is -1.87. The summed E-state index contributed by atoms with van der Waals surface area (Å²) in [6.45, 7) is 1.99. The number of nitrogens with zero attached hydrogens (tertiary/aromatic N) is 2. The molecule has 3 heteroatoms. The highest BCUT2D eigenvalue weighted by Gasteiger charge is 1.96. The van der Waals surface area contributed by atoms with Crippen molar-refractivity contribution >= 4 is 0 Å². The van der Waals surface area contributed by atoms with Crippen LogP contribution in [-0.4, -0.2) is 9.97 Å². The van der Waals surface area contributed by atoms with Crippen LogP contribution >= 0.6 is 0 Å². The predicted molar refractivity (Wildman–Crippen MR) is 53.3 cm³/mol. The maximum absolute atomic E-state index is 5.46. The smallest absolute Gasteiger partial charge is 0.219 e. The van der Waals surface area contributed by atoms with Gasteiger partial charge in [0.15, 0.2) is 0 Å². The molecule has 0 N–H and O–H groups in total. The summed E-state index contributed by atoms with van der Waals surface area (Å²) in [6.07, 6.45) is 5.13. The van der Waals surface area contributed by atoms with Crippen LogP contribution in [0.1, 0.15) is 5.56 Å². The number of rotatable bonds is 2. The van der Waals surface area contributed by atoms with Crippen LogP contribution in [0.15, 0.2) is 42.9 Å². The van der Waals surface area contributed by atoms with E-state index in [4.69, 9.17) is 4.74 Å². The van der Waals surface area contributed by atoms with Crippen LogP contribution in [-0.2, 0) is 0 Å². The van der Waals surface area contributed by atoms with Gasteiger partial charge in [-0.25, -0.2) is 4.98 Å². The van der Waals surface area contributed by atoms with Crippen molar-refractivity contribution in [3.63, 3.8) is 0 Å². The molecule has 0 bridgehead atoms. The van der Waals surface area contributed by atoms with Gasteiger partial charge in [-0.05, 0) is 24.6 Å². The van der Waals surface area contributed by atoms with Gasteiger partial charge in [0.2, 0.25) is 5.88 Å². The average molecular weight is 186 g/mol. The van der Waals surface area contributed by atoms with Crippen molar-refractivity contribution in [2.75, 3.05) is 0 Å². The Morgan fingerprint density at radius 2 is 2.07 bits per heavy atom. The third-order valence-electron chi connectivity index (χ3n) is 1.74. The summed E-state index contributed by atoms with van der Waals surface area (Å²) in [5.74, 6) is 1.28. The predicted octanol–water partition coefficient (Wildman–Crippen LogP) is 2.58. The van der Waals surface area contributed by atoms with E-state index in [-0.39, 0.29) is 0 Å². The fourth-order valence-electron chi connectivity index (χ4n) is 1.04. The highest BCUT2D eigenvalue weighted by atomic mass is 16.5. The van der Waals surface area contributed by atoms with Crippen LogP contribution in [0.2, 0.25) is 0 Å². The minimum atomic E-state index is 0.587. The monoisotopic (exact) mass is 186 g/mol. The average Bonchev–Trinajstić information content (AvgIpc) is 2.23. The molecule has 3 nitrogen and oxygen atoms in total. The van der Waals surface area contributed by atoms with Crippen molar-refractivity contribution in [2.24, 2.45) is 0 Å². The van der Waals surface area contributed by atoms with Crippen LogP contribution in [0.5, 0.6) is 11.6 Å². The van der Waals surface area contributed by atoms with Gasteiger partial charge in [-0.1, -0.05) is 6.07 Å². The first-order valence-corrected chi connectivity index (χ1v) is 4.35. The van der Waals surface area contributed by atoms with Crippen molar-refractivity contribution in [1.29, 1.82) is 0 Å². The van der Waals surface area contributed by atoms with Gasteiger partial charge in [-0.15, -0.1) is 0 Å². The molecular formula is C11H10N2O. The van der Waals surface area contributed by atoms with Crippen LogP contribution in [0.3, 0.4) is 0 Å². The maximum atomic E-state index is 5.46. The maximum Gasteiger partial charge on any atom is 0.219 e. The minimum absolute atomic E-state index is 0.587. The van der Waals surface area contributed by atoms with E-state index in [1.165, 1.54) is 0 Å². The summed E-state index contributed by atoms with van der Waals surface area (Å²) >= 11 is 0. The molecule has 2 rings (SSSR count). The second kappa shape index (κ2) is 3.87. The molecule has 0 spiro atoms. The largest absolute Gasteiger partial charge is 0.437 e. The first kappa shape index (κ1) is 8.69. The molecule has 0 aliphatic rings. The zero-order valence-electron chi connectivity index (χ0n) is 7.84. The van der Waals surface area contributed by atoms with Crippen molar-refractivity contribution in [1.82, 2.24) is 9.97 Å². The molecule has 0 fully saturated rings. The van der Waals surface area contributed by atoms with Gasteiger partial charge in [-0.2, -0.15) is 0 Å². The number of aryl methyl sites for hydroxylation is 1. The Labute approximate surface area is 82.4 Å². The van der Waals surface area contributed by atoms with E-state index in [0.29, 0.717) is 11.6 Å². The molecule has 0 aromatic carbocycles. The Morgan fingerprint density at radius 1 is 1.14 bits per heavy atom. The van der Waals surface area contributed by atoms with E-state index >= 15 is 0 Å². The van der Waals surface area contributed by atoms with Gasteiger partial charge in [-0.3, -0.25) is 4.98 Å². The fraction of sp³-hybridized carbons (Fsp3) is 0.0909. The summed E-state index contributed by atoms with van der Waals surface area (Å²) < 4.78 is 5.46. The molecule has 0 atom stereocenters. The van der Waals surface area contributed by atoms with Gasteiger partial charge in [0.05, 0.1) is 6.20 Å². The standard InChI is InChI=1S/C11H10N2O/c1-9-4-5-11(13-7-9)14-10-3-2-6-12-8-10/h2-8H,1H3. The van der Waals surface area contributed by atoms with Gasteiger partial charge >= 0.3 is 0 Å². The zero-order chi connectivity index (χ0) is 9.80. The number of hydrogen-bond acceptors (Lipinski definition) is 3. The molecule has 0 aliphatic carbocycles. The Balaban J connectivity index is 2.16. The lowest BCUT2D eigenvalue weighted by molar-refractivity contribution is 0.460. The molecule has 0 saturated heterocycles. The molecule has 0 saturated carbocycles. The van der Waals surface area contributed by atoms with Crippen molar-refractivity contribution < 1.29 is 4.74 Å². The summed E-state index contributed by atoms with van der Waals surface area (Å²) in [7, 11) is 0. The lowest BCUT2D eigenvalue weighted by Gasteiger charge is -2.02. The SMILES string of the molecule is Cc1ccc(Oc2cccnc2)nc1. The van der Waals surface area contributed by atoms with Gasteiger partial charge in [0, 0.05) is 18.5 Å². The molecule has 2 aromatic heterocycles. The normalized spacial score (nSPS) is 9.79. The Morgan fingerprint density at radius 3 is 2.71 bits per heavy atom. The molecule has 2 aromatic rings. The van der Waals surface area contributed by atoms with Gasteiger partial charge in [0.25, 0.3) is 0 Å². The molecule has 0 amide bonds. The van der Waals surface area contributed by atoms with Crippen LogP contribution in [0.4, 0.5) is 0 Å². The highest BCUT2D eigenvalue weighted by molar-refractivity contribution is 5.24. The summed E-state index contributed by atoms with van der Waals surface area (Å²) in [6, 6.07) is 7.46. The van der Waals surface area contributed by atoms with Gasteiger partial charge in [0.1, 0.15) is 5.75 Å². The van der Waals surface area contributed by atoms with E-state index in [1.54, 1.807) is 18.6 Å². The Bertz CT molecular complexity index is 397. The van der Waals surface area contributed by atoms with Crippen molar-refractivity contribution in [2.45, 2.75) is 6.92 Å². The zero-order valence-corrected chi connectivity index (χ0v) is 7.84.